The van der Waals surface area contributed by atoms with Crippen molar-refractivity contribution >= 4 is 5.91 Å². The molecule has 0 aliphatic carbocycles. The van der Waals surface area contributed by atoms with Crippen LogP contribution in [0.25, 0.3) is 0 Å². The Morgan fingerprint density at radius 1 is 1.14 bits per heavy atom. The van der Waals surface area contributed by atoms with Gasteiger partial charge in [0.15, 0.2) is 11.5 Å². The van der Waals surface area contributed by atoms with Gasteiger partial charge in [-0.3, -0.25) is 4.79 Å². The Morgan fingerprint density at radius 3 is 2.71 bits per heavy atom. The minimum Gasteiger partial charge on any atom is -0.493 e. The number of piperidine rings is 1. The third kappa shape index (κ3) is 3.92. The summed E-state index contributed by atoms with van der Waals surface area (Å²) in [5, 5.41) is 3.04. The molecule has 0 saturated carbocycles. The summed E-state index contributed by atoms with van der Waals surface area (Å²) in [6, 6.07) is 13.0. The van der Waals surface area contributed by atoms with Crippen LogP contribution in [0.1, 0.15) is 34.8 Å². The lowest BCUT2D eigenvalue weighted by Gasteiger charge is -2.29. The SMILES string of the molecule is COc1cc(C(=O)NC2COc3ccccc32)ccc1OC1CCN(C)CC1. The van der Waals surface area contributed by atoms with Gasteiger partial charge in [0, 0.05) is 24.2 Å². The summed E-state index contributed by atoms with van der Waals surface area (Å²) >= 11 is 0. The van der Waals surface area contributed by atoms with Gasteiger partial charge in [-0.25, -0.2) is 0 Å². The van der Waals surface area contributed by atoms with Crippen LogP contribution in [0, 0.1) is 0 Å². The van der Waals surface area contributed by atoms with Crippen LogP contribution in [0.4, 0.5) is 0 Å². The van der Waals surface area contributed by atoms with Crippen LogP contribution < -0.4 is 19.5 Å². The van der Waals surface area contributed by atoms with Crippen molar-refractivity contribution in [1.29, 1.82) is 0 Å². The van der Waals surface area contributed by atoms with E-state index in [9.17, 15) is 4.79 Å². The van der Waals surface area contributed by atoms with E-state index in [2.05, 4.69) is 17.3 Å². The molecule has 2 aromatic rings. The number of benzene rings is 2. The zero-order valence-corrected chi connectivity index (χ0v) is 16.3. The van der Waals surface area contributed by atoms with Crippen LogP contribution in [0.15, 0.2) is 42.5 Å². The first kappa shape index (κ1) is 18.6. The van der Waals surface area contributed by atoms with Gasteiger partial charge < -0.3 is 24.4 Å². The highest BCUT2D eigenvalue weighted by Crippen LogP contribution is 2.33. The van der Waals surface area contributed by atoms with E-state index in [0.29, 0.717) is 23.7 Å². The summed E-state index contributed by atoms with van der Waals surface area (Å²) in [5.74, 6) is 1.93. The number of rotatable bonds is 5. The number of amides is 1. The zero-order valence-electron chi connectivity index (χ0n) is 16.3. The Balaban J connectivity index is 1.44. The molecule has 6 nitrogen and oxygen atoms in total. The molecular weight excluding hydrogens is 356 g/mol. The van der Waals surface area contributed by atoms with Gasteiger partial charge >= 0.3 is 0 Å². The first-order valence-electron chi connectivity index (χ1n) is 9.70. The van der Waals surface area contributed by atoms with Crippen LogP contribution in [-0.2, 0) is 0 Å². The maximum absolute atomic E-state index is 12.7. The van der Waals surface area contributed by atoms with Gasteiger partial charge in [0.2, 0.25) is 0 Å². The quantitative estimate of drug-likeness (QED) is 0.861. The lowest BCUT2D eigenvalue weighted by Crippen LogP contribution is -2.35. The second kappa shape index (κ2) is 8.10. The van der Waals surface area contributed by atoms with Crippen molar-refractivity contribution in [2.24, 2.45) is 0 Å². The minimum atomic E-state index is -0.158. The second-order valence-corrected chi connectivity index (χ2v) is 7.36. The normalized spacial score (nSPS) is 19.6. The molecule has 2 heterocycles. The highest BCUT2D eigenvalue weighted by molar-refractivity contribution is 5.95. The van der Waals surface area contributed by atoms with E-state index in [0.717, 1.165) is 37.2 Å². The lowest BCUT2D eigenvalue weighted by molar-refractivity contribution is 0.0929. The van der Waals surface area contributed by atoms with Crippen LogP contribution in [0.2, 0.25) is 0 Å². The third-order valence-corrected chi connectivity index (χ3v) is 5.39. The van der Waals surface area contributed by atoms with E-state index in [1.54, 1.807) is 19.2 Å². The Hall–Kier alpha value is -2.73. The number of ether oxygens (including phenoxy) is 3. The highest BCUT2D eigenvalue weighted by atomic mass is 16.5. The molecular formula is C22H26N2O4. The molecule has 1 saturated heterocycles. The van der Waals surface area contributed by atoms with Crippen molar-refractivity contribution in [3.63, 3.8) is 0 Å². The first-order valence-corrected chi connectivity index (χ1v) is 9.70. The van der Waals surface area contributed by atoms with Gasteiger partial charge in [0.1, 0.15) is 18.5 Å². The average molecular weight is 382 g/mol. The number of fused-ring (bicyclic) bond motifs is 1. The largest absolute Gasteiger partial charge is 0.493 e. The molecule has 0 bridgehead atoms. The predicted octanol–water partition coefficient (Wildman–Crippen LogP) is 3.03. The fraction of sp³-hybridized carbons (Fsp3) is 0.409. The number of para-hydroxylation sites is 1. The van der Waals surface area contributed by atoms with Crippen molar-refractivity contribution in [3.8, 4) is 17.2 Å². The molecule has 2 aromatic carbocycles. The fourth-order valence-electron chi connectivity index (χ4n) is 3.71. The van der Waals surface area contributed by atoms with E-state index < -0.39 is 0 Å². The zero-order chi connectivity index (χ0) is 19.5. The number of likely N-dealkylation sites (tertiary alicyclic amines) is 1. The molecule has 0 spiro atoms. The second-order valence-electron chi connectivity index (χ2n) is 7.36. The molecule has 1 fully saturated rings. The maximum Gasteiger partial charge on any atom is 0.252 e. The molecule has 1 unspecified atom stereocenters. The standard InChI is InChI=1S/C22H26N2O4/c1-24-11-9-16(10-12-24)28-20-8-7-15(13-21(20)26-2)22(25)23-18-14-27-19-6-4-3-5-17(18)19/h3-8,13,16,18H,9-12,14H2,1-2H3,(H,23,25). The molecule has 0 aromatic heterocycles. The number of hydrogen-bond acceptors (Lipinski definition) is 5. The molecule has 2 aliphatic rings. The molecule has 6 heteroatoms. The van der Waals surface area contributed by atoms with Gasteiger partial charge in [0.25, 0.3) is 5.91 Å². The van der Waals surface area contributed by atoms with Crippen LogP contribution in [-0.4, -0.2) is 50.8 Å². The van der Waals surface area contributed by atoms with Gasteiger partial charge in [-0.05, 0) is 44.2 Å². The number of carbonyl (C=O) groups excluding carboxylic acids is 1. The average Bonchev–Trinajstić information content (AvgIpc) is 3.13. The van der Waals surface area contributed by atoms with E-state index >= 15 is 0 Å². The van der Waals surface area contributed by atoms with E-state index in [1.807, 2.05) is 30.3 Å². The van der Waals surface area contributed by atoms with E-state index in [-0.39, 0.29) is 18.1 Å². The Bertz CT molecular complexity index is 846. The van der Waals surface area contributed by atoms with Crippen LogP contribution in [0.3, 0.4) is 0 Å². The van der Waals surface area contributed by atoms with Gasteiger partial charge in [-0.15, -0.1) is 0 Å². The van der Waals surface area contributed by atoms with Crippen LogP contribution in [0.5, 0.6) is 17.2 Å². The van der Waals surface area contributed by atoms with Crippen LogP contribution >= 0.6 is 0 Å². The summed E-state index contributed by atoms with van der Waals surface area (Å²) in [7, 11) is 3.72. The summed E-state index contributed by atoms with van der Waals surface area (Å²) in [6.07, 6.45) is 2.16. The van der Waals surface area contributed by atoms with Crippen molar-refractivity contribution in [2.75, 3.05) is 33.9 Å². The molecule has 1 atom stereocenters. The molecule has 1 N–H and O–H groups in total. The van der Waals surface area contributed by atoms with Crippen molar-refractivity contribution in [2.45, 2.75) is 25.0 Å². The third-order valence-electron chi connectivity index (χ3n) is 5.39. The summed E-state index contributed by atoms with van der Waals surface area (Å²) in [6.45, 7) is 2.50. The summed E-state index contributed by atoms with van der Waals surface area (Å²) in [4.78, 5) is 15.0. The lowest BCUT2D eigenvalue weighted by atomic mass is 10.1. The summed E-state index contributed by atoms with van der Waals surface area (Å²) in [5.41, 5.74) is 1.54. The van der Waals surface area contributed by atoms with Crippen molar-refractivity contribution in [3.05, 3.63) is 53.6 Å². The van der Waals surface area contributed by atoms with Crippen molar-refractivity contribution in [1.82, 2.24) is 10.2 Å². The number of hydrogen-bond donors (Lipinski definition) is 1. The fourth-order valence-corrected chi connectivity index (χ4v) is 3.71. The van der Waals surface area contributed by atoms with E-state index in [4.69, 9.17) is 14.2 Å². The first-order chi connectivity index (χ1) is 13.6. The number of nitrogens with zero attached hydrogens (tertiary/aromatic N) is 1. The smallest absolute Gasteiger partial charge is 0.252 e. The monoisotopic (exact) mass is 382 g/mol. The molecule has 148 valence electrons. The minimum absolute atomic E-state index is 0.148. The summed E-state index contributed by atoms with van der Waals surface area (Å²) < 4.78 is 17.3. The number of nitrogens with one attached hydrogen (secondary N) is 1. The Labute approximate surface area is 165 Å². The Morgan fingerprint density at radius 2 is 1.93 bits per heavy atom. The van der Waals surface area contributed by atoms with Gasteiger partial charge in [-0.2, -0.15) is 0 Å². The number of methoxy groups -OCH3 is 1. The van der Waals surface area contributed by atoms with Gasteiger partial charge in [0.05, 0.1) is 13.2 Å². The predicted molar refractivity (Wildman–Crippen MR) is 106 cm³/mol. The van der Waals surface area contributed by atoms with E-state index in [1.165, 1.54) is 0 Å². The Kier molecular flexibility index (Phi) is 5.39. The molecule has 4 rings (SSSR count). The molecule has 2 aliphatic heterocycles. The number of carbonyl (C=O) groups is 1. The van der Waals surface area contributed by atoms with Crippen molar-refractivity contribution < 1.29 is 19.0 Å². The molecule has 0 radical (unpaired) electrons. The maximum atomic E-state index is 12.7. The molecule has 28 heavy (non-hydrogen) atoms. The van der Waals surface area contributed by atoms with Gasteiger partial charge in [-0.1, -0.05) is 18.2 Å². The highest BCUT2D eigenvalue weighted by Gasteiger charge is 2.26. The topological polar surface area (TPSA) is 60.0 Å². The molecule has 1 amide bonds.